The van der Waals surface area contributed by atoms with Crippen molar-refractivity contribution in [2.24, 2.45) is 0 Å². The number of hydrogen-bond acceptors (Lipinski definition) is 3. The standard InChI is InChI=1S/C11H10BrN3O2/c1-7-6-13-15-11(7)14-10(16)5-3-8-2-4-9(12)17-8/h2-6H,1H3,(H2,13,14,15,16)/b5-3+. The molecular weight excluding hydrogens is 286 g/mol. The normalized spacial score (nSPS) is 10.9. The molecule has 2 N–H and O–H groups in total. The molecule has 17 heavy (non-hydrogen) atoms. The number of halogens is 1. The van der Waals surface area contributed by atoms with E-state index in [1.165, 1.54) is 6.08 Å². The van der Waals surface area contributed by atoms with E-state index in [1.807, 2.05) is 6.92 Å². The minimum atomic E-state index is -0.245. The molecule has 0 aliphatic heterocycles. The van der Waals surface area contributed by atoms with Crippen LogP contribution in [0.5, 0.6) is 0 Å². The zero-order valence-corrected chi connectivity index (χ0v) is 10.6. The molecule has 0 saturated heterocycles. The number of H-pyrrole nitrogens is 1. The van der Waals surface area contributed by atoms with Crippen molar-refractivity contribution in [3.05, 3.63) is 40.4 Å². The number of anilines is 1. The van der Waals surface area contributed by atoms with Gasteiger partial charge in [0.05, 0.1) is 6.20 Å². The molecule has 0 bridgehead atoms. The van der Waals surface area contributed by atoms with Crippen LogP contribution in [0.1, 0.15) is 11.3 Å². The number of aryl methyl sites for hydroxylation is 1. The summed E-state index contributed by atoms with van der Waals surface area (Å²) in [5.74, 6) is 0.957. The predicted octanol–water partition coefficient (Wildman–Crippen LogP) is 2.73. The number of aromatic amines is 1. The van der Waals surface area contributed by atoms with Gasteiger partial charge in [-0.3, -0.25) is 9.89 Å². The van der Waals surface area contributed by atoms with Crippen LogP contribution in [0, 0.1) is 6.92 Å². The zero-order chi connectivity index (χ0) is 12.3. The maximum absolute atomic E-state index is 11.5. The fraction of sp³-hybridized carbons (Fsp3) is 0.0909. The van der Waals surface area contributed by atoms with Crippen molar-refractivity contribution >= 4 is 33.7 Å². The molecule has 2 rings (SSSR count). The van der Waals surface area contributed by atoms with Gasteiger partial charge in [0.25, 0.3) is 0 Å². The smallest absolute Gasteiger partial charge is 0.249 e. The van der Waals surface area contributed by atoms with E-state index in [0.29, 0.717) is 16.2 Å². The molecule has 2 aromatic rings. The fourth-order valence-electron chi connectivity index (χ4n) is 1.21. The summed E-state index contributed by atoms with van der Waals surface area (Å²) in [5, 5.41) is 9.17. The Kier molecular flexibility index (Phi) is 3.43. The van der Waals surface area contributed by atoms with Crippen molar-refractivity contribution in [2.45, 2.75) is 6.92 Å². The number of carbonyl (C=O) groups excluding carboxylic acids is 1. The number of rotatable bonds is 3. The van der Waals surface area contributed by atoms with Crippen molar-refractivity contribution in [3.8, 4) is 0 Å². The predicted molar refractivity (Wildman–Crippen MR) is 67.4 cm³/mol. The zero-order valence-electron chi connectivity index (χ0n) is 9.03. The number of furan rings is 1. The van der Waals surface area contributed by atoms with E-state index in [1.54, 1.807) is 24.4 Å². The fourth-order valence-corrected chi connectivity index (χ4v) is 1.53. The van der Waals surface area contributed by atoms with E-state index in [0.717, 1.165) is 5.56 Å². The highest BCUT2D eigenvalue weighted by atomic mass is 79.9. The first-order chi connectivity index (χ1) is 8.15. The maximum Gasteiger partial charge on any atom is 0.249 e. The Morgan fingerprint density at radius 2 is 2.41 bits per heavy atom. The highest BCUT2D eigenvalue weighted by Gasteiger charge is 2.03. The average Bonchev–Trinajstić information content (AvgIpc) is 2.86. The Balaban J connectivity index is 1.98. The number of aromatic nitrogens is 2. The third kappa shape index (κ3) is 3.07. The second kappa shape index (κ2) is 5.01. The molecule has 0 radical (unpaired) electrons. The summed E-state index contributed by atoms with van der Waals surface area (Å²) in [5.41, 5.74) is 0.882. The van der Waals surface area contributed by atoms with E-state index >= 15 is 0 Å². The number of amides is 1. The molecule has 2 heterocycles. The summed E-state index contributed by atoms with van der Waals surface area (Å²) < 4.78 is 5.85. The van der Waals surface area contributed by atoms with Gasteiger partial charge in [0.1, 0.15) is 11.6 Å². The molecule has 0 saturated carbocycles. The lowest BCUT2D eigenvalue weighted by Gasteiger charge is -1.98. The van der Waals surface area contributed by atoms with Crippen LogP contribution >= 0.6 is 15.9 Å². The molecule has 1 amide bonds. The van der Waals surface area contributed by atoms with Gasteiger partial charge >= 0.3 is 0 Å². The van der Waals surface area contributed by atoms with Gasteiger partial charge in [-0.05, 0) is 41.1 Å². The number of nitrogens with one attached hydrogen (secondary N) is 2. The molecule has 0 fully saturated rings. The molecule has 0 aromatic carbocycles. The van der Waals surface area contributed by atoms with Gasteiger partial charge in [0.2, 0.25) is 5.91 Å². The van der Waals surface area contributed by atoms with Crippen LogP contribution in [0.4, 0.5) is 5.82 Å². The summed E-state index contributed by atoms with van der Waals surface area (Å²) in [7, 11) is 0. The van der Waals surface area contributed by atoms with E-state index < -0.39 is 0 Å². The molecule has 0 unspecified atom stereocenters. The van der Waals surface area contributed by atoms with E-state index in [2.05, 4.69) is 31.4 Å². The van der Waals surface area contributed by atoms with Gasteiger partial charge < -0.3 is 9.73 Å². The first kappa shape index (κ1) is 11.7. The second-order valence-corrected chi connectivity index (χ2v) is 4.17. The van der Waals surface area contributed by atoms with Crippen LogP contribution in [0.2, 0.25) is 0 Å². The summed E-state index contributed by atoms with van der Waals surface area (Å²) in [6.45, 7) is 1.85. The lowest BCUT2D eigenvalue weighted by molar-refractivity contribution is -0.111. The first-order valence-corrected chi connectivity index (χ1v) is 5.69. The van der Waals surface area contributed by atoms with Crippen molar-refractivity contribution < 1.29 is 9.21 Å². The molecular formula is C11H10BrN3O2. The van der Waals surface area contributed by atoms with Gasteiger partial charge in [0, 0.05) is 11.6 Å². The van der Waals surface area contributed by atoms with E-state index in [4.69, 9.17) is 4.42 Å². The van der Waals surface area contributed by atoms with Crippen LogP contribution in [-0.2, 0) is 4.79 Å². The number of hydrogen-bond donors (Lipinski definition) is 2. The van der Waals surface area contributed by atoms with Gasteiger partial charge in [-0.2, -0.15) is 5.10 Å². The second-order valence-electron chi connectivity index (χ2n) is 3.39. The first-order valence-electron chi connectivity index (χ1n) is 4.89. The van der Waals surface area contributed by atoms with Gasteiger partial charge in [-0.25, -0.2) is 0 Å². The van der Waals surface area contributed by atoms with Gasteiger partial charge in [0.15, 0.2) is 4.67 Å². The van der Waals surface area contributed by atoms with E-state index in [9.17, 15) is 4.79 Å². The highest BCUT2D eigenvalue weighted by molar-refractivity contribution is 9.10. The van der Waals surface area contributed by atoms with Crippen molar-refractivity contribution in [2.75, 3.05) is 5.32 Å². The van der Waals surface area contributed by atoms with Crippen molar-refractivity contribution in [3.63, 3.8) is 0 Å². The minimum absolute atomic E-state index is 0.245. The largest absolute Gasteiger partial charge is 0.450 e. The molecule has 0 spiro atoms. The SMILES string of the molecule is Cc1cn[nH]c1NC(=O)/C=C/c1ccc(Br)o1. The quantitative estimate of drug-likeness (QED) is 0.855. The van der Waals surface area contributed by atoms with Gasteiger partial charge in [-0.1, -0.05) is 0 Å². The van der Waals surface area contributed by atoms with Gasteiger partial charge in [-0.15, -0.1) is 0 Å². The van der Waals surface area contributed by atoms with Crippen LogP contribution in [0.15, 0.2) is 33.5 Å². The summed E-state index contributed by atoms with van der Waals surface area (Å²) >= 11 is 3.18. The maximum atomic E-state index is 11.5. The topological polar surface area (TPSA) is 70.9 Å². The van der Waals surface area contributed by atoms with Crippen LogP contribution < -0.4 is 5.32 Å². The monoisotopic (exact) mass is 295 g/mol. The Morgan fingerprint density at radius 3 is 3.00 bits per heavy atom. The molecule has 0 atom stereocenters. The Labute approximate surface area is 106 Å². The minimum Gasteiger partial charge on any atom is -0.450 e. The lowest BCUT2D eigenvalue weighted by Crippen LogP contribution is -2.08. The molecule has 0 aliphatic rings. The van der Waals surface area contributed by atoms with Crippen molar-refractivity contribution in [1.82, 2.24) is 10.2 Å². The highest BCUT2D eigenvalue weighted by Crippen LogP contribution is 2.15. The van der Waals surface area contributed by atoms with Crippen LogP contribution in [0.3, 0.4) is 0 Å². The lowest BCUT2D eigenvalue weighted by atomic mass is 10.3. The van der Waals surface area contributed by atoms with E-state index in [-0.39, 0.29) is 5.91 Å². The third-order valence-electron chi connectivity index (χ3n) is 2.07. The molecule has 5 nitrogen and oxygen atoms in total. The van der Waals surface area contributed by atoms with Crippen LogP contribution in [0.25, 0.3) is 6.08 Å². The summed E-state index contributed by atoms with van der Waals surface area (Å²) in [6, 6.07) is 3.52. The third-order valence-corrected chi connectivity index (χ3v) is 2.50. The number of nitrogens with zero attached hydrogens (tertiary/aromatic N) is 1. The summed E-state index contributed by atoms with van der Waals surface area (Å²) in [4.78, 5) is 11.5. The molecule has 2 aromatic heterocycles. The summed E-state index contributed by atoms with van der Waals surface area (Å²) in [6.07, 6.45) is 4.63. The Bertz CT molecular complexity index is 557. The average molecular weight is 296 g/mol. The Morgan fingerprint density at radius 1 is 1.59 bits per heavy atom. The van der Waals surface area contributed by atoms with Crippen LogP contribution in [-0.4, -0.2) is 16.1 Å². The van der Waals surface area contributed by atoms with Crippen molar-refractivity contribution in [1.29, 1.82) is 0 Å². The molecule has 88 valence electrons. The molecule has 0 aliphatic carbocycles. The number of carbonyl (C=O) groups is 1. The Hall–Kier alpha value is -1.82. The molecule has 6 heteroatoms.